The predicted octanol–water partition coefficient (Wildman–Crippen LogP) is 0.756. The number of carbonyl (C=O) groups is 2. The zero-order valence-corrected chi connectivity index (χ0v) is 11.1. The number of amides is 1. The number of aryl methyl sites for hydroxylation is 1. The number of H-pyrrole nitrogens is 1. The Bertz CT molecular complexity index is 508. The van der Waals surface area contributed by atoms with Gasteiger partial charge in [0.25, 0.3) is 11.5 Å². The van der Waals surface area contributed by atoms with Crippen LogP contribution in [0.15, 0.2) is 16.9 Å². The van der Waals surface area contributed by atoms with Crippen LogP contribution in [0.1, 0.15) is 35.8 Å². The third-order valence-corrected chi connectivity index (χ3v) is 2.45. The summed E-state index contributed by atoms with van der Waals surface area (Å²) in [5.41, 5.74) is 0.355. The summed E-state index contributed by atoms with van der Waals surface area (Å²) in [6.45, 7) is 4.15. The van der Waals surface area contributed by atoms with E-state index in [-0.39, 0.29) is 18.0 Å². The van der Waals surface area contributed by atoms with E-state index in [0.29, 0.717) is 25.3 Å². The molecule has 2 N–H and O–H groups in total. The first kappa shape index (κ1) is 14.9. The summed E-state index contributed by atoms with van der Waals surface area (Å²) in [6, 6.07) is 3.14. The summed E-state index contributed by atoms with van der Waals surface area (Å²) in [4.78, 5) is 36.8. The maximum atomic E-state index is 11.7. The predicted molar refractivity (Wildman–Crippen MR) is 70.0 cm³/mol. The Balaban J connectivity index is 2.39. The molecule has 1 rings (SSSR count). The molecule has 0 spiro atoms. The molecule has 0 saturated carbocycles. The third-order valence-electron chi connectivity index (χ3n) is 2.45. The van der Waals surface area contributed by atoms with Crippen molar-refractivity contribution < 1.29 is 14.3 Å². The van der Waals surface area contributed by atoms with E-state index < -0.39 is 11.5 Å². The lowest BCUT2D eigenvalue weighted by Crippen LogP contribution is -2.30. The Kier molecular flexibility index (Phi) is 5.78. The number of rotatable bonds is 6. The van der Waals surface area contributed by atoms with Gasteiger partial charge >= 0.3 is 5.97 Å². The van der Waals surface area contributed by atoms with E-state index in [1.165, 1.54) is 6.07 Å². The summed E-state index contributed by atoms with van der Waals surface area (Å²) in [5, 5.41) is 2.59. The molecule has 0 aliphatic carbocycles. The molecule has 0 radical (unpaired) electrons. The van der Waals surface area contributed by atoms with E-state index in [1.807, 2.05) is 0 Å². The molecule has 0 unspecified atom stereocenters. The van der Waals surface area contributed by atoms with Crippen LogP contribution < -0.4 is 10.9 Å². The molecule has 104 valence electrons. The van der Waals surface area contributed by atoms with Crippen molar-refractivity contribution in [3.8, 4) is 0 Å². The molecule has 1 aromatic rings. The van der Waals surface area contributed by atoms with Gasteiger partial charge in [-0.15, -0.1) is 0 Å². The van der Waals surface area contributed by atoms with Crippen LogP contribution in [0.3, 0.4) is 0 Å². The van der Waals surface area contributed by atoms with Gasteiger partial charge in [0, 0.05) is 18.7 Å². The molecular weight excluding hydrogens is 248 g/mol. The molecule has 0 saturated heterocycles. The van der Waals surface area contributed by atoms with Crippen LogP contribution in [0, 0.1) is 6.92 Å². The summed E-state index contributed by atoms with van der Waals surface area (Å²) >= 11 is 0. The van der Waals surface area contributed by atoms with Crippen molar-refractivity contribution in [1.29, 1.82) is 0 Å². The first-order valence-electron chi connectivity index (χ1n) is 6.18. The fraction of sp³-hybridized carbons (Fsp3) is 0.462. The summed E-state index contributed by atoms with van der Waals surface area (Å²) in [5.74, 6) is -0.727. The molecule has 1 heterocycles. The van der Waals surface area contributed by atoms with Crippen LogP contribution in [-0.4, -0.2) is 30.0 Å². The molecule has 6 heteroatoms. The van der Waals surface area contributed by atoms with E-state index in [1.54, 1.807) is 19.9 Å². The number of nitrogens with one attached hydrogen (secondary N) is 2. The minimum absolute atomic E-state index is 0.0711. The number of aromatic nitrogens is 1. The SMILES string of the molecule is CCOC(=O)CCCNC(=O)c1ccc(C)[nH]c1=O. The van der Waals surface area contributed by atoms with Gasteiger partial charge < -0.3 is 15.0 Å². The van der Waals surface area contributed by atoms with Crippen molar-refractivity contribution in [1.82, 2.24) is 10.3 Å². The van der Waals surface area contributed by atoms with E-state index in [4.69, 9.17) is 4.74 Å². The molecule has 6 nitrogen and oxygen atoms in total. The average Bonchev–Trinajstić information content (AvgIpc) is 2.34. The number of pyridine rings is 1. The van der Waals surface area contributed by atoms with Gasteiger partial charge in [-0.2, -0.15) is 0 Å². The van der Waals surface area contributed by atoms with Crippen LogP contribution in [0.4, 0.5) is 0 Å². The number of ether oxygens (including phenoxy) is 1. The quantitative estimate of drug-likeness (QED) is 0.587. The molecule has 0 fully saturated rings. The zero-order valence-electron chi connectivity index (χ0n) is 11.1. The van der Waals surface area contributed by atoms with Gasteiger partial charge in [0.15, 0.2) is 0 Å². The van der Waals surface area contributed by atoms with Crippen molar-refractivity contribution in [2.45, 2.75) is 26.7 Å². The number of hydrogen-bond acceptors (Lipinski definition) is 4. The van der Waals surface area contributed by atoms with Crippen LogP contribution in [-0.2, 0) is 9.53 Å². The Morgan fingerprint density at radius 3 is 2.74 bits per heavy atom. The fourth-order valence-corrected chi connectivity index (χ4v) is 1.51. The first-order chi connectivity index (χ1) is 9.04. The molecule has 19 heavy (non-hydrogen) atoms. The smallest absolute Gasteiger partial charge is 0.305 e. The highest BCUT2D eigenvalue weighted by Gasteiger charge is 2.09. The molecule has 0 aliphatic rings. The molecule has 0 atom stereocenters. The molecular formula is C13H18N2O4. The highest BCUT2D eigenvalue weighted by molar-refractivity contribution is 5.93. The molecule has 0 bridgehead atoms. The van der Waals surface area contributed by atoms with Crippen molar-refractivity contribution >= 4 is 11.9 Å². The van der Waals surface area contributed by atoms with Crippen molar-refractivity contribution in [2.24, 2.45) is 0 Å². The van der Waals surface area contributed by atoms with Crippen LogP contribution in [0.2, 0.25) is 0 Å². The standard InChI is InChI=1S/C13H18N2O4/c1-3-19-11(16)5-4-8-14-12(17)10-7-6-9(2)15-13(10)18/h6-7H,3-5,8H2,1-2H3,(H,14,17)(H,15,18). The van der Waals surface area contributed by atoms with Gasteiger partial charge in [-0.25, -0.2) is 0 Å². The Morgan fingerprint density at radius 2 is 2.11 bits per heavy atom. The molecule has 1 amide bonds. The lowest BCUT2D eigenvalue weighted by Gasteiger charge is -2.05. The van der Waals surface area contributed by atoms with Crippen LogP contribution in [0.25, 0.3) is 0 Å². The van der Waals surface area contributed by atoms with Crippen molar-refractivity contribution in [3.05, 3.63) is 33.7 Å². The van der Waals surface area contributed by atoms with Crippen molar-refractivity contribution in [3.63, 3.8) is 0 Å². The third kappa shape index (κ3) is 4.95. The highest BCUT2D eigenvalue weighted by Crippen LogP contribution is 1.95. The van der Waals surface area contributed by atoms with E-state index >= 15 is 0 Å². The van der Waals surface area contributed by atoms with E-state index in [9.17, 15) is 14.4 Å². The van der Waals surface area contributed by atoms with E-state index in [0.717, 1.165) is 0 Å². The molecule has 0 aromatic carbocycles. The van der Waals surface area contributed by atoms with Crippen LogP contribution >= 0.6 is 0 Å². The summed E-state index contributed by atoms with van der Waals surface area (Å²) < 4.78 is 4.76. The summed E-state index contributed by atoms with van der Waals surface area (Å²) in [7, 11) is 0. The number of esters is 1. The van der Waals surface area contributed by atoms with Crippen molar-refractivity contribution in [2.75, 3.05) is 13.2 Å². The average molecular weight is 266 g/mol. The minimum atomic E-state index is -0.440. The highest BCUT2D eigenvalue weighted by atomic mass is 16.5. The lowest BCUT2D eigenvalue weighted by molar-refractivity contribution is -0.143. The lowest BCUT2D eigenvalue weighted by atomic mass is 10.2. The minimum Gasteiger partial charge on any atom is -0.466 e. The van der Waals surface area contributed by atoms with Gasteiger partial charge in [-0.1, -0.05) is 0 Å². The molecule has 0 aliphatic heterocycles. The number of hydrogen-bond donors (Lipinski definition) is 2. The van der Waals surface area contributed by atoms with Gasteiger partial charge in [-0.05, 0) is 32.4 Å². The zero-order chi connectivity index (χ0) is 14.3. The van der Waals surface area contributed by atoms with Gasteiger partial charge in [0.2, 0.25) is 0 Å². The van der Waals surface area contributed by atoms with Gasteiger partial charge in [0.1, 0.15) is 5.56 Å². The summed E-state index contributed by atoms with van der Waals surface area (Å²) in [6.07, 6.45) is 0.729. The normalized spacial score (nSPS) is 10.0. The monoisotopic (exact) mass is 266 g/mol. The number of carbonyl (C=O) groups excluding carboxylic acids is 2. The second kappa shape index (κ2) is 7.35. The Morgan fingerprint density at radius 1 is 1.37 bits per heavy atom. The maximum absolute atomic E-state index is 11.7. The first-order valence-corrected chi connectivity index (χ1v) is 6.18. The van der Waals surface area contributed by atoms with Crippen LogP contribution in [0.5, 0.6) is 0 Å². The maximum Gasteiger partial charge on any atom is 0.305 e. The fourth-order valence-electron chi connectivity index (χ4n) is 1.51. The van der Waals surface area contributed by atoms with Gasteiger partial charge in [-0.3, -0.25) is 14.4 Å². The Labute approximate surface area is 111 Å². The molecule has 1 aromatic heterocycles. The second-order valence-corrected chi connectivity index (χ2v) is 4.05. The topological polar surface area (TPSA) is 88.3 Å². The van der Waals surface area contributed by atoms with Gasteiger partial charge in [0.05, 0.1) is 6.61 Å². The van der Waals surface area contributed by atoms with E-state index in [2.05, 4.69) is 10.3 Å². The number of aromatic amines is 1. The second-order valence-electron chi connectivity index (χ2n) is 4.05. The largest absolute Gasteiger partial charge is 0.466 e. The Hall–Kier alpha value is -2.11.